The van der Waals surface area contributed by atoms with Crippen LogP contribution < -0.4 is 4.90 Å². The van der Waals surface area contributed by atoms with Crippen molar-refractivity contribution in [2.24, 2.45) is 0 Å². The molecule has 35 heavy (non-hydrogen) atoms. The van der Waals surface area contributed by atoms with Crippen molar-refractivity contribution in [3.63, 3.8) is 0 Å². The molecule has 7 rings (SSSR count). The van der Waals surface area contributed by atoms with Gasteiger partial charge in [-0.05, 0) is 107 Å². The summed E-state index contributed by atoms with van der Waals surface area (Å²) in [4.78, 5) is 29.0. The highest BCUT2D eigenvalue weighted by Crippen LogP contribution is 2.51. The van der Waals surface area contributed by atoms with Gasteiger partial charge in [0, 0.05) is 0 Å². The molecule has 5 heteroatoms. The van der Waals surface area contributed by atoms with E-state index in [0.29, 0.717) is 42.5 Å². The lowest BCUT2D eigenvalue weighted by Crippen LogP contribution is -2.29. The van der Waals surface area contributed by atoms with Gasteiger partial charge in [0.05, 0.1) is 16.8 Å². The van der Waals surface area contributed by atoms with E-state index in [0.717, 1.165) is 44.5 Å². The minimum atomic E-state index is -0.269. The van der Waals surface area contributed by atoms with Crippen molar-refractivity contribution >= 4 is 17.5 Å². The summed E-state index contributed by atoms with van der Waals surface area (Å²) in [5.41, 5.74) is 9.40. The van der Waals surface area contributed by atoms with Crippen LogP contribution in [0.15, 0.2) is 66.7 Å². The molecule has 2 aliphatic carbocycles. The zero-order valence-corrected chi connectivity index (χ0v) is 18.8. The molecular weight excluding hydrogens is 438 g/mol. The Balaban J connectivity index is 1.59. The Hall–Kier alpha value is -4.38. The van der Waals surface area contributed by atoms with Crippen LogP contribution in [0.2, 0.25) is 0 Å². The number of hydrogen-bond donors (Lipinski definition) is 2. The summed E-state index contributed by atoms with van der Waals surface area (Å²) in [5, 5.41) is 20.2. The van der Waals surface area contributed by atoms with Gasteiger partial charge in [0.1, 0.15) is 11.5 Å². The van der Waals surface area contributed by atoms with Gasteiger partial charge in [0.25, 0.3) is 11.8 Å². The molecule has 0 unspecified atom stereocenters. The SMILES string of the molecule is O=C1c2c3c(c4c(c2C(=O)N1c1ccccc1)CCc1cc(O)ccc1-4)-c1ccc(O)cc1CC3. The fourth-order valence-corrected chi connectivity index (χ4v) is 6.13. The van der Waals surface area contributed by atoms with Crippen molar-refractivity contribution in [3.8, 4) is 33.8 Å². The van der Waals surface area contributed by atoms with Crippen molar-refractivity contribution in [1.29, 1.82) is 0 Å². The van der Waals surface area contributed by atoms with Crippen LogP contribution in [0.5, 0.6) is 11.5 Å². The highest BCUT2D eigenvalue weighted by molar-refractivity contribution is 6.36. The molecule has 4 aromatic carbocycles. The molecule has 2 N–H and O–H groups in total. The maximum Gasteiger partial charge on any atom is 0.266 e. The van der Waals surface area contributed by atoms with E-state index in [1.165, 1.54) is 4.90 Å². The van der Waals surface area contributed by atoms with Crippen LogP contribution >= 0.6 is 0 Å². The lowest BCUT2D eigenvalue weighted by Gasteiger charge is -2.30. The van der Waals surface area contributed by atoms with Gasteiger partial charge in [-0.25, -0.2) is 4.90 Å². The first-order valence-corrected chi connectivity index (χ1v) is 11.8. The number of hydrogen-bond acceptors (Lipinski definition) is 4. The number of aryl methyl sites for hydroxylation is 2. The summed E-state index contributed by atoms with van der Waals surface area (Å²) in [6.07, 6.45) is 2.57. The molecule has 2 amide bonds. The maximum absolute atomic E-state index is 13.9. The predicted molar refractivity (Wildman–Crippen MR) is 133 cm³/mol. The van der Waals surface area contributed by atoms with E-state index in [1.807, 2.05) is 30.3 Å². The molecule has 0 aromatic heterocycles. The second kappa shape index (κ2) is 7.06. The number of carbonyl (C=O) groups is 2. The number of amides is 2. The van der Waals surface area contributed by atoms with E-state index in [9.17, 15) is 19.8 Å². The molecule has 0 spiro atoms. The molecule has 0 fully saturated rings. The Morgan fingerprint density at radius 2 is 1.06 bits per heavy atom. The van der Waals surface area contributed by atoms with E-state index < -0.39 is 0 Å². The Kier molecular flexibility index (Phi) is 4.04. The molecule has 0 radical (unpaired) electrons. The number of imide groups is 1. The van der Waals surface area contributed by atoms with Gasteiger partial charge in [-0.2, -0.15) is 0 Å². The second-order valence-corrected chi connectivity index (χ2v) is 9.42. The van der Waals surface area contributed by atoms with Gasteiger partial charge >= 0.3 is 0 Å². The molecule has 4 aromatic rings. The monoisotopic (exact) mass is 459 g/mol. The predicted octanol–water partition coefficient (Wildman–Crippen LogP) is 5.43. The van der Waals surface area contributed by atoms with Crippen LogP contribution in [0.4, 0.5) is 5.69 Å². The summed E-state index contributed by atoms with van der Waals surface area (Å²) in [6, 6.07) is 19.9. The molecule has 1 aliphatic heterocycles. The van der Waals surface area contributed by atoms with E-state index in [4.69, 9.17) is 0 Å². The van der Waals surface area contributed by atoms with Gasteiger partial charge in [0.15, 0.2) is 0 Å². The van der Waals surface area contributed by atoms with Crippen LogP contribution in [0, 0.1) is 0 Å². The zero-order valence-electron chi connectivity index (χ0n) is 18.8. The van der Waals surface area contributed by atoms with Crippen LogP contribution in [-0.4, -0.2) is 22.0 Å². The summed E-state index contributed by atoms with van der Waals surface area (Å²) >= 11 is 0. The Bertz CT molecular complexity index is 1500. The number of benzene rings is 4. The molecule has 0 saturated carbocycles. The topological polar surface area (TPSA) is 77.8 Å². The number of rotatable bonds is 1. The van der Waals surface area contributed by atoms with Gasteiger partial charge in [-0.3, -0.25) is 9.59 Å². The van der Waals surface area contributed by atoms with Crippen LogP contribution in [-0.2, 0) is 25.7 Å². The van der Waals surface area contributed by atoms with Crippen LogP contribution in [0.1, 0.15) is 43.0 Å². The maximum atomic E-state index is 13.9. The number of nitrogens with zero attached hydrogens (tertiary/aromatic N) is 1. The zero-order chi connectivity index (χ0) is 23.8. The van der Waals surface area contributed by atoms with Gasteiger partial charge in [0.2, 0.25) is 0 Å². The highest BCUT2D eigenvalue weighted by Gasteiger charge is 2.44. The van der Waals surface area contributed by atoms with Crippen molar-refractivity contribution in [1.82, 2.24) is 0 Å². The van der Waals surface area contributed by atoms with E-state index in [2.05, 4.69) is 0 Å². The minimum Gasteiger partial charge on any atom is -0.508 e. The first-order valence-electron chi connectivity index (χ1n) is 11.8. The quantitative estimate of drug-likeness (QED) is 0.372. The van der Waals surface area contributed by atoms with Crippen molar-refractivity contribution in [2.75, 3.05) is 4.90 Å². The lowest BCUT2D eigenvalue weighted by molar-refractivity contribution is 0.0925. The fraction of sp³-hybridized carbons (Fsp3) is 0.133. The third kappa shape index (κ3) is 2.69. The Morgan fingerprint density at radius 3 is 1.54 bits per heavy atom. The first-order chi connectivity index (χ1) is 17.0. The summed E-state index contributed by atoms with van der Waals surface area (Å²) < 4.78 is 0. The number of aromatic hydroxyl groups is 2. The third-order valence-electron chi connectivity index (χ3n) is 7.56. The minimum absolute atomic E-state index is 0.217. The Labute approximate surface area is 201 Å². The van der Waals surface area contributed by atoms with Gasteiger partial charge in [-0.15, -0.1) is 0 Å². The third-order valence-corrected chi connectivity index (χ3v) is 7.56. The second-order valence-electron chi connectivity index (χ2n) is 9.42. The highest BCUT2D eigenvalue weighted by atomic mass is 16.3. The van der Waals surface area contributed by atoms with Gasteiger partial charge < -0.3 is 10.2 Å². The van der Waals surface area contributed by atoms with Crippen molar-refractivity contribution in [3.05, 3.63) is 100 Å². The number of fused-ring (bicyclic) bond motifs is 10. The number of anilines is 1. The molecule has 3 aliphatic rings. The van der Waals surface area contributed by atoms with Crippen LogP contribution in [0.25, 0.3) is 22.3 Å². The number of para-hydroxylation sites is 1. The molecule has 0 bridgehead atoms. The molecular formula is C30H21NO4. The normalized spacial score (nSPS) is 15.3. The fourth-order valence-electron chi connectivity index (χ4n) is 6.13. The lowest BCUT2D eigenvalue weighted by atomic mass is 9.72. The largest absolute Gasteiger partial charge is 0.508 e. The number of phenolic OH excluding ortho intramolecular Hbond substituents is 2. The standard InChI is InChI=1S/C30H21NO4/c32-19-8-12-21-16(14-19)6-10-23-25(21)26-22-13-9-20(33)15-17(22)7-11-24(26)28-27(23)29(34)31(30(28)35)18-4-2-1-3-5-18/h1-5,8-9,12-15,32-33H,6-7,10-11H2. The average Bonchev–Trinajstić information content (AvgIpc) is 3.13. The van der Waals surface area contributed by atoms with E-state index in [-0.39, 0.29) is 23.3 Å². The van der Waals surface area contributed by atoms with E-state index >= 15 is 0 Å². The van der Waals surface area contributed by atoms with Crippen molar-refractivity contribution in [2.45, 2.75) is 25.7 Å². The van der Waals surface area contributed by atoms with E-state index in [1.54, 1.807) is 36.4 Å². The molecule has 1 heterocycles. The van der Waals surface area contributed by atoms with Crippen LogP contribution in [0.3, 0.4) is 0 Å². The van der Waals surface area contributed by atoms with Gasteiger partial charge in [-0.1, -0.05) is 30.3 Å². The Morgan fingerprint density at radius 1 is 0.571 bits per heavy atom. The summed E-state index contributed by atoms with van der Waals surface area (Å²) in [7, 11) is 0. The number of carbonyl (C=O) groups excluding carboxylic acids is 2. The van der Waals surface area contributed by atoms with Crippen molar-refractivity contribution < 1.29 is 19.8 Å². The molecule has 0 atom stereocenters. The summed E-state index contributed by atoms with van der Waals surface area (Å²) in [6.45, 7) is 0. The number of phenols is 2. The smallest absolute Gasteiger partial charge is 0.266 e. The first kappa shape index (κ1) is 20.0. The molecule has 5 nitrogen and oxygen atoms in total. The average molecular weight is 460 g/mol. The molecule has 170 valence electrons. The summed E-state index contributed by atoms with van der Waals surface area (Å²) in [5.74, 6) is -0.105. The molecule has 0 saturated heterocycles.